The van der Waals surface area contributed by atoms with Gasteiger partial charge in [-0.3, -0.25) is 9.78 Å². The van der Waals surface area contributed by atoms with Crippen molar-refractivity contribution in [1.82, 2.24) is 9.97 Å². The molecule has 0 saturated carbocycles. The molecule has 0 aliphatic carbocycles. The fourth-order valence-electron chi connectivity index (χ4n) is 3.24. The van der Waals surface area contributed by atoms with Gasteiger partial charge < -0.3 is 9.47 Å². The van der Waals surface area contributed by atoms with E-state index in [0.29, 0.717) is 17.9 Å². The summed E-state index contributed by atoms with van der Waals surface area (Å²) in [5, 5.41) is 13.6. The van der Waals surface area contributed by atoms with Crippen LogP contribution in [0.1, 0.15) is 16.7 Å². The molecular weight excluding hydrogens is 430 g/mol. The number of hydrogen-bond donors (Lipinski definition) is 2. The highest BCUT2D eigenvalue weighted by Gasteiger charge is 2.13. The summed E-state index contributed by atoms with van der Waals surface area (Å²) < 4.78 is 11.2. The summed E-state index contributed by atoms with van der Waals surface area (Å²) in [7, 11) is 1.62. The summed E-state index contributed by atoms with van der Waals surface area (Å²) in [5.41, 5.74) is 4.78. The van der Waals surface area contributed by atoms with E-state index in [2.05, 4.69) is 20.5 Å². The largest absolute Gasteiger partial charge is 0.497 e. The minimum Gasteiger partial charge on any atom is -0.497 e. The van der Waals surface area contributed by atoms with Crippen LogP contribution >= 0.6 is 0 Å². The van der Waals surface area contributed by atoms with Crippen LogP contribution in [0.2, 0.25) is 0 Å². The lowest BCUT2D eigenvalue weighted by Crippen LogP contribution is -2.16. The van der Waals surface area contributed by atoms with Crippen LogP contribution in [-0.2, 0) is 6.61 Å². The second kappa shape index (κ2) is 10.6. The number of ether oxygens (including phenoxy) is 2. The highest BCUT2D eigenvalue weighted by Crippen LogP contribution is 2.21. The van der Waals surface area contributed by atoms with E-state index in [9.17, 15) is 10.1 Å². The molecule has 0 saturated heterocycles. The number of nitrogens with one attached hydrogen (secondary N) is 2. The number of para-hydroxylation sites is 1. The maximum absolute atomic E-state index is 12.4. The van der Waals surface area contributed by atoms with Gasteiger partial charge in [-0.05, 0) is 29.8 Å². The highest BCUT2D eigenvalue weighted by atomic mass is 16.5. The van der Waals surface area contributed by atoms with E-state index in [-0.39, 0.29) is 17.2 Å². The molecule has 4 rings (SSSR count). The molecule has 3 aromatic carbocycles. The molecule has 8 heteroatoms. The summed E-state index contributed by atoms with van der Waals surface area (Å²) >= 11 is 0. The molecule has 34 heavy (non-hydrogen) atoms. The van der Waals surface area contributed by atoms with Crippen molar-refractivity contribution in [3.8, 4) is 28.8 Å². The third-order valence-electron chi connectivity index (χ3n) is 4.90. The molecule has 8 nitrogen and oxygen atoms in total. The van der Waals surface area contributed by atoms with Crippen LogP contribution < -0.4 is 20.5 Å². The molecule has 1 heterocycles. The lowest BCUT2D eigenvalue weighted by molar-refractivity contribution is 0.305. The van der Waals surface area contributed by atoms with Gasteiger partial charge in [0, 0.05) is 11.1 Å². The maximum atomic E-state index is 12.4. The van der Waals surface area contributed by atoms with E-state index in [1.807, 2.05) is 72.8 Å². The number of methoxy groups -OCH3 is 1. The Morgan fingerprint density at radius 3 is 2.68 bits per heavy atom. The Morgan fingerprint density at radius 2 is 1.88 bits per heavy atom. The third kappa shape index (κ3) is 5.29. The quantitative estimate of drug-likeness (QED) is 0.304. The summed E-state index contributed by atoms with van der Waals surface area (Å²) in [5.74, 6) is 1.52. The Balaban J connectivity index is 1.51. The van der Waals surface area contributed by atoms with Gasteiger partial charge >= 0.3 is 0 Å². The van der Waals surface area contributed by atoms with Crippen LogP contribution in [0.4, 0.5) is 5.95 Å². The van der Waals surface area contributed by atoms with Crippen molar-refractivity contribution in [2.24, 2.45) is 5.10 Å². The molecule has 0 spiro atoms. The molecule has 1 aromatic heterocycles. The van der Waals surface area contributed by atoms with Gasteiger partial charge in [-0.15, -0.1) is 0 Å². The zero-order valence-electron chi connectivity index (χ0n) is 18.4. The fraction of sp³-hybridized carbons (Fsp3) is 0.0769. The van der Waals surface area contributed by atoms with Gasteiger partial charge in [-0.1, -0.05) is 54.6 Å². The number of hydrazone groups is 1. The Morgan fingerprint density at radius 1 is 1.09 bits per heavy atom. The van der Waals surface area contributed by atoms with Crippen molar-refractivity contribution >= 4 is 12.2 Å². The number of nitriles is 1. The zero-order valence-corrected chi connectivity index (χ0v) is 18.4. The monoisotopic (exact) mass is 451 g/mol. The normalized spacial score (nSPS) is 10.6. The average molecular weight is 451 g/mol. The summed E-state index contributed by atoms with van der Waals surface area (Å²) in [6.45, 7) is 0.362. The van der Waals surface area contributed by atoms with Crippen LogP contribution in [0.5, 0.6) is 11.5 Å². The number of benzene rings is 3. The molecule has 168 valence electrons. The van der Waals surface area contributed by atoms with Gasteiger partial charge in [-0.2, -0.15) is 10.4 Å². The average Bonchev–Trinajstić information content (AvgIpc) is 2.88. The number of anilines is 1. The molecule has 0 atom stereocenters. The highest BCUT2D eigenvalue weighted by molar-refractivity contribution is 5.83. The van der Waals surface area contributed by atoms with Crippen molar-refractivity contribution in [3.63, 3.8) is 0 Å². The van der Waals surface area contributed by atoms with Crippen LogP contribution in [0.25, 0.3) is 11.3 Å². The second-order valence-corrected chi connectivity index (χ2v) is 7.16. The number of aromatic amines is 1. The zero-order chi connectivity index (χ0) is 23.8. The SMILES string of the molecule is COc1cccc(COc2ccccc2C=NNc2nc(-c3ccccc3)c(C#N)c(=O)[nH]2)c1. The molecular formula is C26H21N5O3. The maximum Gasteiger partial charge on any atom is 0.270 e. The van der Waals surface area contributed by atoms with Gasteiger partial charge in [0.05, 0.1) is 19.0 Å². The van der Waals surface area contributed by atoms with Gasteiger partial charge in [0.2, 0.25) is 5.95 Å². The summed E-state index contributed by atoms with van der Waals surface area (Å²) in [6, 6.07) is 26.1. The first-order chi connectivity index (χ1) is 16.7. The Hall–Kier alpha value is -4.90. The smallest absolute Gasteiger partial charge is 0.270 e. The second-order valence-electron chi connectivity index (χ2n) is 7.16. The predicted molar refractivity (Wildman–Crippen MR) is 130 cm³/mol. The van der Waals surface area contributed by atoms with E-state index in [0.717, 1.165) is 16.9 Å². The van der Waals surface area contributed by atoms with E-state index in [1.165, 1.54) is 0 Å². The van der Waals surface area contributed by atoms with Crippen molar-refractivity contribution in [1.29, 1.82) is 5.26 Å². The lowest BCUT2D eigenvalue weighted by Gasteiger charge is -2.10. The van der Waals surface area contributed by atoms with Crippen molar-refractivity contribution in [3.05, 3.63) is 106 Å². The van der Waals surface area contributed by atoms with Crippen LogP contribution in [0.3, 0.4) is 0 Å². The summed E-state index contributed by atoms with van der Waals surface area (Å²) in [6.07, 6.45) is 1.57. The molecule has 0 unspecified atom stereocenters. The molecule has 4 aromatic rings. The lowest BCUT2D eigenvalue weighted by atomic mass is 10.1. The van der Waals surface area contributed by atoms with Crippen molar-refractivity contribution in [2.45, 2.75) is 6.61 Å². The van der Waals surface area contributed by atoms with Crippen LogP contribution in [-0.4, -0.2) is 23.3 Å². The number of aromatic nitrogens is 2. The van der Waals surface area contributed by atoms with E-state index in [4.69, 9.17) is 9.47 Å². The van der Waals surface area contributed by atoms with Gasteiger partial charge in [0.25, 0.3) is 5.56 Å². The first kappa shape index (κ1) is 22.3. The Bertz CT molecular complexity index is 1410. The molecule has 2 N–H and O–H groups in total. The molecule has 0 aliphatic rings. The first-order valence-corrected chi connectivity index (χ1v) is 10.4. The van der Waals surface area contributed by atoms with Gasteiger partial charge in [0.15, 0.2) is 0 Å². The van der Waals surface area contributed by atoms with E-state index < -0.39 is 5.56 Å². The molecule has 0 fully saturated rings. The third-order valence-corrected chi connectivity index (χ3v) is 4.90. The molecule has 0 radical (unpaired) electrons. The fourth-order valence-corrected chi connectivity index (χ4v) is 3.24. The van der Waals surface area contributed by atoms with Gasteiger partial charge in [-0.25, -0.2) is 10.4 Å². The van der Waals surface area contributed by atoms with Crippen LogP contribution in [0.15, 0.2) is 88.8 Å². The number of H-pyrrole nitrogens is 1. The topological polar surface area (TPSA) is 112 Å². The van der Waals surface area contributed by atoms with E-state index in [1.54, 1.807) is 25.5 Å². The van der Waals surface area contributed by atoms with Gasteiger partial charge in [0.1, 0.15) is 29.7 Å². The number of rotatable bonds is 8. The molecule has 0 bridgehead atoms. The summed E-state index contributed by atoms with van der Waals surface area (Å²) in [4.78, 5) is 19.3. The van der Waals surface area contributed by atoms with E-state index >= 15 is 0 Å². The minimum atomic E-state index is -0.545. The minimum absolute atomic E-state index is 0.0583. The molecule has 0 aliphatic heterocycles. The van der Waals surface area contributed by atoms with Crippen molar-refractivity contribution in [2.75, 3.05) is 12.5 Å². The Kier molecular flexibility index (Phi) is 6.96. The Labute approximate surface area is 196 Å². The number of hydrogen-bond acceptors (Lipinski definition) is 7. The first-order valence-electron chi connectivity index (χ1n) is 10.4. The standard InChI is InChI=1S/C26H21N5O3/c1-33-21-12-7-8-18(14-21)17-34-23-13-6-5-11-20(23)16-28-31-26-29-24(19-9-3-2-4-10-19)22(15-27)25(32)30-26/h2-14,16H,17H2,1H3,(H2,29,30,31,32). The predicted octanol–water partition coefficient (Wildman–Crippen LogP) is 4.34. The van der Waals surface area contributed by atoms with Crippen molar-refractivity contribution < 1.29 is 9.47 Å². The molecule has 0 amide bonds. The number of nitrogens with zero attached hydrogens (tertiary/aromatic N) is 3. The van der Waals surface area contributed by atoms with Crippen LogP contribution in [0, 0.1) is 11.3 Å².